The molecule has 0 saturated heterocycles. The van der Waals surface area contributed by atoms with Gasteiger partial charge in [-0.25, -0.2) is 4.79 Å². The highest BCUT2D eigenvalue weighted by Crippen LogP contribution is 2.47. The number of carboxylic acids is 1. The smallest absolute Gasteiger partial charge is 0.335 e. The zero-order valence-corrected chi connectivity index (χ0v) is 24.2. The molecule has 2 N–H and O–H groups in total. The largest absolute Gasteiger partial charge is 0.478 e. The first-order valence-electron chi connectivity index (χ1n) is 15.5. The van der Waals surface area contributed by atoms with E-state index in [1.54, 1.807) is 6.07 Å². The zero-order valence-electron chi connectivity index (χ0n) is 24.2. The normalized spacial score (nSPS) is 17.5. The Hall–Kier alpha value is -3.58. The topological polar surface area (TPSA) is 79.5 Å². The predicted molar refractivity (Wildman–Crippen MR) is 163 cm³/mol. The molecule has 214 valence electrons. The molecule has 3 aliphatic rings. The number of carbonyl (C=O) groups excluding carboxylic acids is 1. The minimum absolute atomic E-state index is 0.0499. The average Bonchev–Trinajstić information content (AvgIpc) is 3.66. The fourth-order valence-electron chi connectivity index (χ4n) is 7.40. The number of benzene rings is 2. The van der Waals surface area contributed by atoms with Gasteiger partial charge in [0.05, 0.1) is 16.8 Å². The average molecular weight is 553 g/mol. The molecule has 0 radical (unpaired) electrons. The van der Waals surface area contributed by atoms with Crippen LogP contribution in [0.1, 0.15) is 96.2 Å². The van der Waals surface area contributed by atoms with Gasteiger partial charge in [0.25, 0.3) is 5.91 Å². The standard InChI is InChI=1S/C34H40N4O3/c1-3-36(2)20-27-24-11-7-12-26-30(24)38(32(27)33(39)35-23-14-15-23)18-8-17-37-28-19-22(34(40)41)13-16-25(28)29(31(26)37)21-9-5-4-6-10-21/h7,11-13,16,19,21,23H,3-6,8-10,14-15,17-18,20H2,1-2H3,(H,35,39)(H,40,41). The number of aromatic nitrogens is 2. The Morgan fingerprint density at radius 3 is 2.49 bits per heavy atom. The van der Waals surface area contributed by atoms with E-state index in [1.165, 1.54) is 41.5 Å². The molecule has 0 atom stereocenters. The van der Waals surface area contributed by atoms with Gasteiger partial charge in [-0.05, 0) is 69.3 Å². The van der Waals surface area contributed by atoms with Gasteiger partial charge < -0.3 is 24.5 Å². The second kappa shape index (κ2) is 10.4. The van der Waals surface area contributed by atoms with Gasteiger partial charge in [-0.1, -0.05) is 50.5 Å². The van der Waals surface area contributed by atoms with Crippen LogP contribution in [0.5, 0.6) is 0 Å². The summed E-state index contributed by atoms with van der Waals surface area (Å²) < 4.78 is 4.72. The second-order valence-electron chi connectivity index (χ2n) is 12.4. The summed E-state index contributed by atoms with van der Waals surface area (Å²) in [5.41, 5.74) is 8.19. The first-order valence-corrected chi connectivity index (χ1v) is 15.5. The van der Waals surface area contributed by atoms with Gasteiger partial charge in [0.2, 0.25) is 0 Å². The lowest BCUT2D eigenvalue weighted by Crippen LogP contribution is -2.30. The lowest BCUT2D eigenvalue weighted by atomic mass is 9.81. The predicted octanol–water partition coefficient (Wildman–Crippen LogP) is 6.76. The van der Waals surface area contributed by atoms with Crippen LogP contribution in [-0.2, 0) is 19.6 Å². The molecule has 0 bridgehead atoms. The van der Waals surface area contributed by atoms with E-state index in [0.717, 1.165) is 86.0 Å². The van der Waals surface area contributed by atoms with Gasteiger partial charge in [-0.2, -0.15) is 0 Å². The van der Waals surface area contributed by atoms with Crippen LogP contribution >= 0.6 is 0 Å². The van der Waals surface area contributed by atoms with Crippen molar-refractivity contribution in [3.05, 3.63) is 58.8 Å². The summed E-state index contributed by atoms with van der Waals surface area (Å²) in [4.78, 5) is 28.1. The summed E-state index contributed by atoms with van der Waals surface area (Å²) in [5, 5.41) is 15.5. The van der Waals surface area contributed by atoms with Crippen LogP contribution in [0.3, 0.4) is 0 Å². The van der Waals surface area contributed by atoms with Crippen LogP contribution < -0.4 is 5.32 Å². The van der Waals surface area contributed by atoms with Gasteiger partial charge in [0, 0.05) is 53.1 Å². The van der Waals surface area contributed by atoms with E-state index in [2.05, 4.69) is 57.6 Å². The highest BCUT2D eigenvalue weighted by atomic mass is 16.4. The molecule has 0 unspecified atom stereocenters. The lowest BCUT2D eigenvalue weighted by Gasteiger charge is -2.25. The van der Waals surface area contributed by atoms with Crippen molar-refractivity contribution in [2.45, 2.75) is 89.9 Å². The van der Waals surface area contributed by atoms with Crippen molar-refractivity contribution in [3.63, 3.8) is 0 Å². The number of para-hydroxylation sites is 1. The van der Waals surface area contributed by atoms with E-state index in [0.29, 0.717) is 17.5 Å². The van der Waals surface area contributed by atoms with Crippen molar-refractivity contribution in [3.8, 4) is 11.3 Å². The van der Waals surface area contributed by atoms with Crippen LogP contribution in [0.15, 0.2) is 36.4 Å². The maximum absolute atomic E-state index is 13.9. The molecule has 7 rings (SSSR count). The minimum atomic E-state index is -0.889. The maximum atomic E-state index is 13.9. The van der Waals surface area contributed by atoms with E-state index in [-0.39, 0.29) is 5.91 Å². The summed E-state index contributed by atoms with van der Waals surface area (Å²) in [7, 11) is 2.12. The number of rotatable bonds is 7. The number of carboxylic acid groups (broad SMARTS) is 1. The highest BCUT2D eigenvalue weighted by Gasteiger charge is 2.33. The summed E-state index contributed by atoms with van der Waals surface area (Å²) in [5.74, 6) is -0.395. The Kier molecular flexibility index (Phi) is 6.65. The van der Waals surface area contributed by atoms with Crippen LogP contribution in [0, 0.1) is 0 Å². The lowest BCUT2D eigenvalue weighted by molar-refractivity contribution is 0.0696. The number of amides is 1. The number of aryl methyl sites for hydroxylation is 2. The van der Waals surface area contributed by atoms with Gasteiger partial charge in [0.1, 0.15) is 5.69 Å². The van der Waals surface area contributed by atoms with Crippen LogP contribution in [0.25, 0.3) is 33.1 Å². The Morgan fingerprint density at radius 1 is 0.976 bits per heavy atom. The minimum Gasteiger partial charge on any atom is -0.478 e. The van der Waals surface area contributed by atoms with Crippen LogP contribution in [0.4, 0.5) is 0 Å². The van der Waals surface area contributed by atoms with Crippen molar-refractivity contribution >= 4 is 33.7 Å². The third-order valence-electron chi connectivity index (χ3n) is 9.67. The first-order chi connectivity index (χ1) is 20.0. The maximum Gasteiger partial charge on any atom is 0.335 e. The molecule has 2 aliphatic carbocycles. The van der Waals surface area contributed by atoms with Crippen molar-refractivity contribution in [2.24, 2.45) is 0 Å². The molecular formula is C34H40N4O3. The molecule has 1 amide bonds. The Balaban J connectivity index is 1.54. The molecule has 7 nitrogen and oxygen atoms in total. The van der Waals surface area contributed by atoms with Crippen molar-refractivity contribution in [2.75, 3.05) is 13.6 Å². The molecular weight excluding hydrogens is 512 g/mol. The molecule has 4 aromatic rings. The fourth-order valence-corrected chi connectivity index (χ4v) is 7.40. The summed E-state index contributed by atoms with van der Waals surface area (Å²) in [6, 6.07) is 12.6. The molecule has 0 spiro atoms. The van der Waals surface area contributed by atoms with Crippen LogP contribution in [0.2, 0.25) is 0 Å². The SMILES string of the molecule is CCN(C)Cc1c(C(=O)NC2CC2)n2c3c(cccc13)-c1c(C3CCCCC3)c3ccc(C(=O)O)cc3n1CCC2. The molecule has 2 fully saturated rings. The quantitative estimate of drug-likeness (QED) is 0.266. The third kappa shape index (κ3) is 4.45. The van der Waals surface area contributed by atoms with Gasteiger partial charge in [-0.3, -0.25) is 4.79 Å². The molecule has 41 heavy (non-hydrogen) atoms. The molecule has 7 heteroatoms. The third-order valence-corrected chi connectivity index (χ3v) is 9.67. The second-order valence-corrected chi connectivity index (χ2v) is 12.4. The summed E-state index contributed by atoms with van der Waals surface area (Å²) in [6.07, 6.45) is 9.03. The molecule has 2 aromatic heterocycles. The van der Waals surface area contributed by atoms with E-state index in [9.17, 15) is 14.7 Å². The fraction of sp³-hybridized carbons (Fsp3) is 0.471. The van der Waals surface area contributed by atoms with E-state index in [1.807, 2.05) is 6.07 Å². The summed E-state index contributed by atoms with van der Waals surface area (Å²) >= 11 is 0. The highest BCUT2D eigenvalue weighted by molar-refractivity contribution is 6.08. The molecule has 2 aromatic carbocycles. The van der Waals surface area contributed by atoms with E-state index in [4.69, 9.17) is 0 Å². The van der Waals surface area contributed by atoms with Crippen molar-refractivity contribution in [1.82, 2.24) is 19.4 Å². The van der Waals surface area contributed by atoms with Gasteiger partial charge in [-0.15, -0.1) is 0 Å². The summed E-state index contributed by atoms with van der Waals surface area (Å²) in [6.45, 7) is 5.30. The van der Waals surface area contributed by atoms with Gasteiger partial charge in [0.15, 0.2) is 0 Å². The number of nitrogens with one attached hydrogen (secondary N) is 1. The molecule has 2 saturated carbocycles. The van der Waals surface area contributed by atoms with Crippen molar-refractivity contribution < 1.29 is 14.7 Å². The number of hydrogen-bond donors (Lipinski definition) is 2. The zero-order chi connectivity index (χ0) is 28.2. The Bertz CT molecular complexity index is 1670. The Labute approximate surface area is 241 Å². The number of nitrogens with zero attached hydrogens (tertiary/aromatic N) is 3. The first kappa shape index (κ1) is 26.3. The number of aromatic carboxylic acids is 1. The van der Waals surface area contributed by atoms with E-state index >= 15 is 0 Å². The monoisotopic (exact) mass is 552 g/mol. The molecule has 1 aliphatic heterocycles. The number of fused-ring (bicyclic) bond motifs is 4. The van der Waals surface area contributed by atoms with Crippen LogP contribution in [-0.4, -0.2) is 50.7 Å². The Morgan fingerprint density at radius 2 is 1.76 bits per heavy atom. The van der Waals surface area contributed by atoms with Crippen molar-refractivity contribution in [1.29, 1.82) is 0 Å². The molecule has 3 heterocycles. The number of hydrogen-bond acceptors (Lipinski definition) is 3. The van der Waals surface area contributed by atoms with E-state index < -0.39 is 5.97 Å². The van der Waals surface area contributed by atoms with Gasteiger partial charge >= 0.3 is 5.97 Å². The number of carbonyl (C=O) groups is 2.